The van der Waals surface area contributed by atoms with Crippen molar-refractivity contribution in [3.63, 3.8) is 0 Å². The fourth-order valence-corrected chi connectivity index (χ4v) is 5.70. The molecule has 0 atom stereocenters. The van der Waals surface area contributed by atoms with Gasteiger partial charge in [0.25, 0.3) is 0 Å². The van der Waals surface area contributed by atoms with Crippen molar-refractivity contribution in [3.05, 3.63) is 51.6 Å². The number of aromatic hydroxyl groups is 2. The van der Waals surface area contributed by atoms with Crippen LogP contribution in [-0.4, -0.2) is 28.9 Å². The Bertz CT molecular complexity index is 1120. The molecular weight excluding hydrogens is 356 g/mol. The van der Waals surface area contributed by atoms with E-state index >= 15 is 0 Å². The molecule has 5 heteroatoms. The topological polar surface area (TPSA) is 83.8 Å². The van der Waals surface area contributed by atoms with Crippen molar-refractivity contribution in [2.75, 3.05) is 7.11 Å². The summed E-state index contributed by atoms with van der Waals surface area (Å²) in [6, 6.07) is 4.85. The third-order valence-corrected chi connectivity index (χ3v) is 7.33. The minimum Gasteiger partial charge on any atom is -0.507 e. The molecule has 142 valence electrons. The molecule has 2 aromatic rings. The zero-order valence-corrected chi connectivity index (χ0v) is 15.6. The highest BCUT2D eigenvalue weighted by molar-refractivity contribution is 6.31. The van der Waals surface area contributed by atoms with Crippen LogP contribution >= 0.6 is 0 Å². The Kier molecular flexibility index (Phi) is 2.75. The first kappa shape index (κ1) is 16.2. The summed E-state index contributed by atoms with van der Waals surface area (Å²) >= 11 is 0. The molecule has 4 aliphatic rings. The molecule has 2 saturated carbocycles. The molecule has 4 aliphatic carbocycles. The van der Waals surface area contributed by atoms with Crippen LogP contribution in [0.4, 0.5) is 0 Å². The van der Waals surface area contributed by atoms with Gasteiger partial charge in [-0.05, 0) is 55.4 Å². The Hall–Kier alpha value is -2.82. The van der Waals surface area contributed by atoms with E-state index in [1.807, 2.05) is 0 Å². The highest BCUT2D eigenvalue weighted by atomic mass is 16.5. The van der Waals surface area contributed by atoms with Gasteiger partial charge in [0.15, 0.2) is 5.78 Å². The monoisotopic (exact) mass is 376 g/mol. The second-order valence-electron chi connectivity index (χ2n) is 8.98. The molecule has 0 aliphatic heterocycles. The number of carbonyl (C=O) groups excluding carboxylic acids is 2. The Morgan fingerprint density at radius 1 is 0.929 bits per heavy atom. The third kappa shape index (κ3) is 1.77. The molecule has 0 radical (unpaired) electrons. The molecule has 2 N–H and O–H groups in total. The summed E-state index contributed by atoms with van der Waals surface area (Å²) in [5.41, 5.74) is 1.72. The Labute approximate surface area is 162 Å². The smallest absolute Gasteiger partial charge is 0.202 e. The number of methoxy groups -OCH3 is 1. The molecule has 0 aromatic heterocycles. The minimum atomic E-state index is -0.458. The number of fused-ring (bicyclic) bond motifs is 4. The van der Waals surface area contributed by atoms with Crippen molar-refractivity contribution in [1.82, 2.24) is 0 Å². The van der Waals surface area contributed by atoms with Crippen LogP contribution in [0.5, 0.6) is 17.2 Å². The van der Waals surface area contributed by atoms with E-state index in [0.29, 0.717) is 23.3 Å². The van der Waals surface area contributed by atoms with Gasteiger partial charge in [-0.25, -0.2) is 0 Å². The van der Waals surface area contributed by atoms with E-state index in [1.54, 1.807) is 18.2 Å². The van der Waals surface area contributed by atoms with E-state index in [1.165, 1.54) is 7.11 Å². The molecule has 0 amide bonds. The first-order chi connectivity index (χ1) is 13.4. The van der Waals surface area contributed by atoms with Gasteiger partial charge in [0.2, 0.25) is 5.78 Å². The summed E-state index contributed by atoms with van der Waals surface area (Å²) in [4.78, 5) is 26.6. The van der Waals surface area contributed by atoms with Crippen LogP contribution in [0.15, 0.2) is 18.2 Å². The lowest BCUT2D eigenvalue weighted by Gasteiger charge is -2.35. The van der Waals surface area contributed by atoms with Gasteiger partial charge >= 0.3 is 0 Å². The number of ketones is 2. The summed E-state index contributed by atoms with van der Waals surface area (Å²) < 4.78 is 5.30. The Balaban J connectivity index is 1.67. The highest BCUT2D eigenvalue weighted by Gasteiger charge is 2.61. The molecule has 28 heavy (non-hydrogen) atoms. The minimum absolute atomic E-state index is 0.0458. The van der Waals surface area contributed by atoms with Crippen molar-refractivity contribution in [2.24, 2.45) is 5.41 Å². The second kappa shape index (κ2) is 4.77. The summed E-state index contributed by atoms with van der Waals surface area (Å²) in [7, 11) is 1.45. The van der Waals surface area contributed by atoms with Gasteiger partial charge in [-0.2, -0.15) is 0 Å². The lowest BCUT2D eigenvalue weighted by molar-refractivity contribution is 0.0970. The highest BCUT2D eigenvalue weighted by Crippen LogP contribution is 2.70. The van der Waals surface area contributed by atoms with E-state index in [0.717, 1.165) is 32.1 Å². The molecule has 5 nitrogen and oxygen atoms in total. The first-order valence-electron chi connectivity index (χ1n) is 9.79. The maximum atomic E-state index is 13.4. The molecule has 2 fully saturated rings. The largest absolute Gasteiger partial charge is 0.507 e. The maximum absolute atomic E-state index is 13.4. The molecule has 2 spiro atoms. The van der Waals surface area contributed by atoms with Crippen LogP contribution in [0.3, 0.4) is 0 Å². The fourth-order valence-electron chi connectivity index (χ4n) is 5.70. The SMILES string of the molecule is COc1cccc2c1C(=O)c1c(O)c3c(c(O)c1C2=O)CC1(CC1)CC31CC1. The predicted octanol–water partition coefficient (Wildman–Crippen LogP) is 3.64. The van der Waals surface area contributed by atoms with Gasteiger partial charge < -0.3 is 14.9 Å². The average molecular weight is 376 g/mol. The summed E-state index contributed by atoms with van der Waals surface area (Å²) in [5, 5.41) is 22.4. The van der Waals surface area contributed by atoms with E-state index in [4.69, 9.17) is 4.74 Å². The quantitative estimate of drug-likeness (QED) is 0.634. The van der Waals surface area contributed by atoms with Crippen molar-refractivity contribution in [1.29, 1.82) is 0 Å². The number of hydrogen-bond acceptors (Lipinski definition) is 5. The third-order valence-electron chi connectivity index (χ3n) is 7.33. The lowest BCUT2D eigenvalue weighted by atomic mass is 9.68. The van der Waals surface area contributed by atoms with Gasteiger partial charge in [0.05, 0.1) is 23.8 Å². The van der Waals surface area contributed by atoms with Crippen molar-refractivity contribution < 1.29 is 24.5 Å². The normalized spacial score (nSPS) is 21.9. The molecule has 0 unspecified atom stereocenters. The van der Waals surface area contributed by atoms with E-state index < -0.39 is 11.6 Å². The molecule has 0 saturated heterocycles. The molecule has 6 rings (SSSR count). The number of rotatable bonds is 1. The summed E-state index contributed by atoms with van der Waals surface area (Å²) in [6.07, 6.45) is 5.83. The van der Waals surface area contributed by atoms with Crippen molar-refractivity contribution in [2.45, 2.75) is 43.9 Å². The zero-order valence-electron chi connectivity index (χ0n) is 15.6. The average Bonchev–Trinajstić information content (AvgIpc) is 3.61. The Morgan fingerprint density at radius 2 is 1.64 bits per heavy atom. The number of carbonyl (C=O) groups is 2. The summed E-state index contributed by atoms with van der Waals surface area (Å²) in [5.74, 6) is -0.798. The fraction of sp³-hybridized carbons (Fsp3) is 0.391. The van der Waals surface area contributed by atoms with Crippen LogP contribution in [0, 0.1) is 5.41 Å². The van der Waals surface area contributed by atoms with E-state index in [2.05, 4.69) is 0 Å². The number of ether oxygens (including phenoxy) is 1. The molecule has 2 aromatic carbocycles. The van der Waals surface area contributed by atoms with E-state index in [-0.39, 0.29) is 44.6 Å². The van der Waals surface area contributed by atoms with Crippen LogP contribution in [0.25, 0.3) is 0 Å². The number of phenols is 2. The van der Waals surface area contributed by atoms with E-state index in [9.17, 15) is 19.8 Å². The number of hydrogen-bond donors (Lipinski definition) is 2. The summed E-state index contributed by atoms with van der Waals surface area (Å²) in [6.45, 7) is 0. The number of phenolic OH excluding ortho intramolecular Hbond substituents is 2. The lowest BCUT2D eigenvalue weighted by Crippen LogP contribution is -2.29. The molecular formula is C23H20O5. The van der Waals surface area contributed by atoms with Gasteiger partial charge in [0.1, 0.15) is 17.2 Å². The second-order valence-corrected chi connectivity index (χ2v) is 8.98. The van der Waals surface area contributed by atoms with Crippen molar-refractivity contribution >= 4 is 11.6 Å². The predicted molar refractivity (Wildman–Crippen MR) is 101 cm³/mol. The van der Waals surface area contributed by atoms with Crippen LogP contribution in [0.2, 0.25) is 0 Å². The molecule has 0 heterocycles. The van der Waals surface area contributed by atoms with Crippen LogP contribution in [0.1, 0.15) is 75.1 Å². The zero-order chi connectivity index (χ0) is 19.4. The van der Waals surface area contributed by atoms with Crippen LogP contribution < -0.4 is 4.74 Å². The standard InChI is InChI=1S/C23H20O5/c1-28-13-4-2-3-11-14(13)20(26)16-15(18(11)24)19(25)12-9-22(5-6-22)10-23(7-8-23)17(12)21(16)27/h2-4,25,27H,5-10H2,1H3. The van der Waals surface area contributed by atoms with Gasteiger partial charge in [-0.1, -0.05) is 12.1 Å². The maximum Gasteiger partial charge on any atom is 0.202 e. The van der Waals surface area contributed by atoms with Crippen LogP contribution in [-0.2, 0) is 11.8 Å². The van der Waals surface area contributed by atoms with Crippen molar-refractivity contribution in [3.8, 4) is 17.2 Å². The Morgan fingerprint density at radius 3 is 2.29 bits per heavy atom. The van der Waals surface area contributed by atoms with Gasteiger partial charge in [-0.15, -0.1) is 0 Å². The molecule has 0 bridgehead atoms. The van der Waals surface area contributed by atoms with Gasteiger partial charge in [-0.3, -0.25) is 9.59 Å². The number of benzene rings is 2. The van der Waals surface area contributed by atoms with Gasteiger partial charge in [0, 0.05) is 16.7 Å². The first-order valence-corrected chi connectivity index (χ1v) is 9.79.